The molecule has 0 aliphatic carbocycles. The largest absolute Gasteiger partial charge is 0.429 e. The van der Waals surface area contributed by atoms with Gasteiger partial charge in [0.25, 0.3) is 0 Å². The van der Waals surface area contributed by atoms with Crippen LogP contribution in [0, 0.1) is 0 Å². The van der Waals surface area contributed by atoms with Crippen LogP contribution in [0.1, 0.15) is 4.88 Å². The van der Waals surface area contributed by atoms with Crippen molar-refractivity contribution in [1.82, 2.24) is 4.37 Å². The van der Waals surface area contributed by atoms with Gasteiger partial charge in [-0.1, -0.05) is 30.3 Å². The molecule has 0 amide bonds. The Morgan fingerprint density at radius 2 is 1.75 bits per heavy atom. The fourth-order valence-electron chi connectivity index (χ4n) is 1.31. The van der Waals surface area contributed by atoms with Gasteiger partial charge in [0.05, 0.1) is 5.69 Å². The Hall–Kier alpha value is -1.56. The van der Waals surface area contributed by atoms with E-state index < -0.39 is 11.1 Å². The Balaban J connectivity index is 2.50. The number of rotatable bonds is 1. The van der Waals surface area contributed by atoms with E-state index in [1.807, 2.05) is 0 Å². The second-order valence-corrected chi connectivity index (χ2v) is 3.91. The lowest BCUT2D eigenvalue weighted by molar-refractivity contribution is -0.133. The molecule has 0 bridgehead atoms. The Bertz CT molecular complexity index is 491. The molecular weight excluding hydrogens is 237 g/mol. The fourth-order valence-corrected chi connectivity index (χ4v) is 1.99. The summed E-state index contributed by atoms with van der Waals surface area (Å²) in [6, 6.07) is 8.57. The van der Waals surface area contributed by atoms with Crippen molar-refractivity contribution in [3.63, 3.8) is 0 Å². The fraction of sp³-hybridized carbons (Fsp3) is 0.100. The average molecular weight is 244 g/mol. The van der Waals surface area contributed by atoms with Crippen LogP contribution in [0.3, 0.4) is 0 Å². The van der Waals surface area contributed by atoms with Crippen LogP contribution in [0.4, 0.5) is 18.9 Å². The normalized spacial score (nSPS) is 11.7. The summed E-state index contributed by atoms with van der Waals surface area (Å²) in [6.45, 7) is 0. The van der Waals surface area contributed by atoms with Gasteiger partial charge in [0, 0.05) is 5.56 Å². The van der Waals surface area contributed by atoms with Crippen molar-refractivity contribution in [1.29, 1.82) is 0 Å². The van der Waals surface area contributed by atoms with E-state index in [-0.39, 0.29) is 11.4 Å². The molecule has 1 heterocycles. The minimum Gasteiger partial charge on any atom is -0.396 e. The second-order valence-electron chi connectivity index (χ2n) is 3.14. The second kappa shape index (κ2) is 3.79. The Morgan fingerprint density at radius 3 is 2.25 bits per heavy atom. The number of halogens is 3. The van der Waals surface area contributed by atoms with Gasteiger partial charge >= 0.3 is 6.18 Å². The molecule has 0 aliphatic heterocycles. The van der Waals surface area contributed by atoms with Crippen molar-refractivity contribution in [2.75, 3.05) is 5.73 Å². The van der Waals surface area contributed by atoms with Gasteiger partial charge in [-0.2, -0.15) is 17.5 Å². The highest BCUT2D eigenvalue weighted by atomic mass is 32.1. The van der Waals surface area contributed by atoms with Crippen LogP contribution < -0.4 is 5.73 Å². The van der Waals surface area contributed by atoms with E-state index in [1.165, 1.54) is 0 Å². The van der Waals surface area contributed by atoms with Crippen LogP contribution in [0.5, 0.6) is 0 Å². The van der Waals surface area contributed by atoms with Crippen LogP contribution >= 0.6 is 11.5 Å². The van der Waals surface area contributed by atoms with Crippen LogP contribution in [0.2, 0.25) is 0 Å². The number of hydrogen-bond acceptors (Lipinski definition) is 3. The maximum absolute atomic E-state index is 12.5. The average Bonchev–Trinajstić information content (AvgIpc) is 2.61. The zero-order chi connectivity index (χ0) is 11.8. The first-order valence-corrected chi connectivity index (χ1v) is 5.15. The molecule has 0 unspecified atom stereocenters. The van der Waals surface area contributed by atoms with Crippen molar-refractivity contribution in [2.24, 2.45) is 0 Å². The quantitative estimate of drug-likeness (QED) is 0.834. The SMILES string of the molecule is Nc1c(-c2ccccc2)nsc1C(F)(F)F. The number of alkyl halides is 3. The summed E-state index contributed by atoms with van der Waals surface area (Å²) in [4.78, 5) is -0.841. The number of nitrogen functional groups attached to an aromatic ring is 1. The van der Waals surface area contributed by atoms with Gasteiger partial charge in [-0.05, 0) is 11.5 Å². The van der Waals surface area contributed by atoms with E-state index in [9.17, 15) is 13.2 Å². The molecule has 6 heteroatoms. The molecule has 1 aromatic heterocycles. The summed E-state index contributed by atoms with van der Waals surface area (Å²) in [5.74, 6) is 0. The molecule has 2 aromatic rings. The Morgan fingerprint density at radius 1 is 1.12 bits per heavy atom. The first-order valence-electron chi connectivity index (χ1n) is 4.38. The smallest absolute Gasteiger partial charge is 0.396 e. The molecule has 0 fully saturated rings. The van der Waals surface area contributed by atoms with Gasteiger partial charge < -0.3 is 5.73 Å². The summed E-state index contributed by atoms with van der Waals surface area (Å²) in [6.07, 6.45) is -4.44. The molecule has 0 spiro atoms. The van der Waals surface area contributed by atoms with Crippen molar-refractivity contribution >= 4 is 17.2 Å². The number of hydrogen-bond donors (Lipinski definition) is 1. The van der Waals surface area contributed by atoms with E-state index in [0.29, 0.717) is 17.1 Å². The molecule has 1 aromatic carbocycles. The van der Waals surface area contributed by atoms with E-state index in [0.717, 1.165) is 0 Å². The Labute approximate surface area is 93.7 Å². The topological polar surface area (TPSA) is 38.9 Å². The molecule has 2 rings (SSSR count). The van der Waals surface area contributed by atoms with Crippen molar-refractivity contribution in [3.05, 3.63) is 35.2 Å². The molecule has 0 saturated carbocycles. The zero-order valence-electron chi connectivity index (χ0n) is 7.95. The molecule has 0 atom stereocenters. The lowest BCUT2D eigenvalue weighted by atomic mass is 10.1. The van der Waals surface area contributed by atoms with Crippen molar-refractivity contribution in [2.45, 2.75) is 6.18 Å². The molecule has 16 heavy (non-hydrogen) atoms. The van der Waals surface area contributed by atoms with E-state index in [2.05, 4.69) is 4.37 Å². The predicted molar refractivity (Wildman–Crippen MR) is 57.0 cm³/mol. The van der Waals surface area contributed by atoms with E-state index >= 15 is 0 Å². The summed E-state index contributed by atoms with van der Waals surface area (Å²) >= 11 is 0.378. The third kappa shape index (κ3) is 1.88. The number of anilines is 1. The monoisotopic (exact) mass is 244 g/mol. The first-order chi connectivity index (χ1) is 7.50. The highest BCUT2D eigenvalue weighted by molar-refractivity contribution is 7.06. The summed E-state index contributed by atoms with van der Waals surface area (Å²) < 4.78 is 41.2. The van der Waals surface area contributed by atoms with E-state index in [4.69, 9.17) is 5.73 Å². The summed E-state index contributed by atoms with van der Waals surface area (Å²) in [7, 11) is 0. The minimum atomic E-state index is -4.44. The molecule has 84 valence electrons. The molecule has 0 radical (unpaired) electrons. The molecule has 2 nitrogen and oxygen atoms in total. The summed E-state index contributed by atoms with van der Waals surface area (Å²) in [5, 5.41) is 0. The van der Waals surface area contributed by atoms with Gasteiger partial charge in [0.2, 0.25) is 0 Å². The number of benzene rings is 1. The van der Waals surface area contributed by atoms with E-state index in [1.54, 1.807) is 30.3 Å². The van der Waals surface area contributed by atoms with Crippen molar-refractivity contribution < 1.29 is 13.2 Å². The van der Waals surface area contributed by atoms with Crippen LogP contribution in [0.15, 0.2) is 30.3 Å². The standard InChI is InChI=1S/C10H7F3N2S/c11-10(12,13)9-7(14)8(15-16-9)6-4-2-1-3-5-6/h1-5H,14H2. The predicted octanol–water partition coefficient (Wildman–Crippen LogP) is 3.41. The molecule has 2 N–H and O–H groups in total. The summed E-state index contributed by atoms with van der Waals surface area (Å²) in [5.41, 5.74) is 5.93. The maximum atomic E-state index is 12.5. The van der Waals surface area contributed by atoms with Crippen LogP contribution in [0.25, 0.3) is 11.3 Å². The third-order valence-corrected chi connectivity index (χ3v) is 2.94. The lowest BCUT2D eigenvalue weighted by Gasteiger charge is -2.03. The number of aromatic nitrogens is 1. The molecular formula is C10H7F3N2S. The maximum Gasteiger partial charge on any atom is 0.429 e. The highest BCUT2D eigenvalue weighted by Crippen LogP contribution is 2.41. The van der Waals surface area contributed by atoms with Gasteiger partial charge in [-0.3, -0.25) is 0 Å². The number of nitrogens with zero attached hydrogens (tertiary/aromatic N) is 1. The Kier molecular flexibility index (Phi) is 2.59. The third-order valence-electron chi connectivity index (χ3n) is 2.03. The lowest BCUT2D eigenvalue weighted by Crippen LogP contribution is -2.05. The molecule has 0 aliphatic rings. The van der Waals surface area contributed by atoms with Gasteiger partial charge in [-0.15, -0.1) is 0 Å². The van der Waals surface area contributed by atoms with Gasteiger partial charge in [0.15, 0.2) is 4.88 Å². The zero-order valence-corrected chi connectivity index (χ0v) is 8.77. The van der Waals surface area contributed by atoms with Crippen LogP contribution in [-0.4, -0.2) is 4.37 Å². The van der Waals surface area contributed by atoms with Crippen molar-refractivity contribution in [3.8, 4) is 11.3 Å². The minimum absolute atomic E-state index is 0.193. The number of nitrogens with two attached hydrogens (primary N) is 1. The van der Waals surface area contributed by atoms with Crippen LogP contribution in [-0.2, 0) is 6.18 Å². The highest BCUT2D eigenvalue weighted by Gasteiger charge is 2.37. The molecule has 0 saturated heterocycles. The van der Waals surface area contributed by atoms with Gasteiger partial charge in [-0.25, -0.2) is 0 Å². The van der Waals surface area contributed by atoms with Gasteiger partial charge in [0.1, 0.15) is 5.69 Å². The first kappa shape index (κ1) is 10.9.